The Kier molecular flexibility index (Phi) is 3.71. The number of nitrogens with zero attached hydrogens (tertiary/aromatic N) is 2. The van der Waals surface area contributed by atoms with Gasteiger partial charge in [-0.1, -0.05) is 34.1 Å². The van der Waals surface area contributed by atoms with Crippen LogP contribution in [0.5, 0.6) is 0 Å². The van der Waals surface area contributed by atoms with Crippen molar-refractivity contribution in [1.82, 2.24) is 14.9 Å². The van der Waals surface area contributed by atoms with Crippen LogP contribution in [0.1, 0.15) is 25.8 Å². The minimum atomic E-state index is 0.542. The molecule has 1 aromatic heterocycles. The molecule has 4 heteroatoms. The predicted octanol–water partition coefficient (Wildman–Crippen LogP) is 3.63. The molecule has 100 valence electrons. The van der Waals surface area contributed by atoms with Crippen LogP contribution in [0.15, 0.2) is 41.3 Å². The zero-order valence-corrected chi connectivity index (χ0v) is 12.6. The first-order chi connectivity index (χ1) is 9.25. The van der Waals surface area contributed by atoms with Crippen LogP contribution in [0.4, 0.5) is 0 Å². The molecule has 0 spiro atoms. The van der Waals surface area contributed by atoms with Gasteiger partial charge in [-0.3, -0.25) is 0 Å². The molecule has 0 bridgehead atoms. The van der Waals surface area contributed by atoms with Gasteiger partial charge in [0.15, 0.2) is 0 Å². The SMILES string of the molecule is CC1CC(n2cncc2-c2ccccc2Br)CCN1. The normalized spacial score (nSPS) is 23.5. The molecule has 0 saturated carbocycles. The standard InChI is InChI=1S/C15H18BrN3/c1-11-8-12(6-7-18-11)19-10-17-9-15(19)13-4-2-3-5-14(13)16/h2-5,9-12,18H,6-8H2,1H3. The number of rotatable bonds is 2. The first-order valence-corrected chi connectivity index (χ1v) is 7.55. The lowest BCUT2D eigenvalue weighted by Gasteiger charge is -2.30. The fraction of sp³-hybridized carbons (Fsp3) is 0.400. The van der Waals surface area contributed by atoms with Crippen molar-refractivity contribution in [3.8, 4) is 11.3 Å². The van der Waals surface area contributed by atoms with E-state index >= 15 is 0 Å². The molecular weight excluding hydrogens is 302 g/mol. The maximum absolute atomic E-state index is 4.36. The molecule has 19 heavy (non-hydrogen) atoms. The summed E-state index contributed by atoms with van der Waals surface area (Å²) in [7, 11) is 0. The summed E-state index contributed by atoms with van der Waals surface area (Å²) in [5.74, 6) is 0. The quantitative estimate of drug-likeness (QED) is 0.916. The lowest BCUT2D eigenvalue weighted by Crippen LogP contribution is -2.36. The average molecular weight is 320 g/mol. The Bertz CT molecular complexity index is 564. The van der Waals surface area contributed by atoms with Gasteiger partial charge in [-0.2, -0.15) is 0 Å². The highest BCUT2D eigenvalue weighted by Gasteiger charge is 2.22. The van der Waals surface area contributed by atoms with Crippen molar-refractivity contribution in [3.63, 3.8) is 0 Å². The third-order valence-electron chi connectivity index (χ3n) is 3.81. The van der Waals surface area contributed by atoms with E-state index in [1.807, 2.05) is 18.6 Å². The van der Waals surface area contributed by atoms with Crippen molar-refractivity contribution in [2.24, 2.45) is 0 Å². The van der Waals surface area contributed by atoms with E-state index < -0.39 is 0 Å². The van der Waals surface area contributed by atoms with Gasteiger partial charge in [0, 0.05) is 22.1 Å². The van der Waals surface area contributed by atoms with Crippen molar-refractivity contribution >= 4 is 15.9 Å². The largest absolute Gasteiger partial charge is 0.327 e. The molecule has 1 aromatic carbocycles. The summed E-state index contributed by atoms with van der Waals surface area (Å²) in [4.78, 5) is 4.36. The number of benzene rings is 1. The van der Waals surface area contributed by atoms with Crippen LogP contribution < -0.4 is 5.32 Å². The zero-order valence-electron chi connectivity index (χ0n) is 11.0. The number of hydrogen-bond acceptors (Lipinski definition) is 2. The molecule has 0 amide bonds. The van der Waals surface area contributed by atoms with Gasteiger partial charge in [-0.15, -0.1) is 0 Å². The molecule has 2 unspecified atom stereocenters. The summed E-state index contributed by atoms with van der Waals surface area (Å²) >= 11 is 3.63. The Morgan fingerprint density at radius 2 is 2.21 bits per heavy atom. The Balaban J connectivity index is 1.96. The maximum atomic E-state index is 4.36. The lowest BCUT2D eigenvalue weighted by molar-refractivity contribution is 0.315. The smallest absolute Gasteiger partial charge is 0.0953 e. The van der Waals surface area contributed by atoms with Gasteiger partial charge in [0.05, 0.1) is 18.2 Å². The fourth-order valence-corrected chi connectivity index (χ4v) is 3.32. The summed E-state index contributed by atoms with van der Waals surface area (Å²) in [5, 5.41) is 3.50. The van der Waals surface area contributed by atoms with Crippen LogP contribution in [0.25, 0.3) is 11.3 Å². The van der Waals surface area contributed by atoms with Crippen molar-refractivity contribution in [2.45, 2.75) is 31.8 Å². The highest BCUT2D eigenvalue weighted by atomic mass is 79.9. The molecule has 1 fully saturated rings. The summed E-state index contributed by atoms with van der Waals surface area (Å²) < 4.78 is 3.45. The Morgan fingerprint density at radius 1 is 1.37 bits per heavy atom. The van der Waals surface area contributed by atoms with Gasteiger partial charge in [0.2, 0.25) is 0 Å². The second-order valence-electron chi connectivity index (χ2n) is 5.20. The van der Waals surface area contributed by atoms with Crippen LogP contribution in [-0.2, 0) is 0 Å². The number of piperidine rings is 1. The van der Waals surface area contributed by atoms with E-state index in [-0.39, 0.29) is 0 Å². The van der Waals surface area contributed by atoms with Gasteiger partial charge in [-0.25, -0.2) is 4.98 Å². The molecule has 1 aliphatic rings. The number of halogens is 1. The first-order valence-electron chi connectivity index (χ1n) is 6.76. The monoisotopic (exact) mass is 319 g/mol. The van der Waals surface area contributed by atoms with Crippen LogP contribution in [0.2, 0.25) is 0 Å². The van der Waals surface area contributed by atoms with Crippen LogP contribution >= 0.6 is 15.9 Å². The third-order valence-corrected chi connectivity index (χ3v) is 4.50. The van der Waals surface area contributed by atoms with E-state index in [1.54, 1.807) is 0 Å². The van der Waals surface area contributed by atoms with Crippen molar-refractivity contribution in [1.29, 1.82) is 0 Å². The molecule has 1 aliphatic heterocycles. The highest BCUT2D eigenvalue weighted by molar-refractivity contribution is 9.10. The second-order valence-corrected chi connectivity index (χ2v) is 6.05. The molecule has 3 nitrogen and oxygen atoms in total. The van der Waals surface area contributed by atoms with Crippen molar-refractivity contribution in [3.05, 3.63) is 41.3 Å². The molecule has 1 saturated heterocycles. The summed E-state index contributed by atoms with van der Waals surface area (Å²) in [6.45, 7) is 3.33. The van der Waals surface area contributed by atoms with E-state index in [0.717, 1.165) is 23.9 Å². The van der Waals surface area contributed by atoms with E-state index in [9.17, 15) is 0 Å². The average Bonchev–Trinajstić information content (AvgIpc) is 2.88. The molecule has 0 radical (unpaired) electrons. The molecule has 1 N–H and O–H groups in total. The number of imidazole rings is 1. The number of aromatic nitrogens is 2. The van der Waals surface area contributed by atoms with Gasteiger partial charge in [0.1, 0.15) is 0 Å². The second kappa shape index (κ2) is 5.47. The van der Waals surface area contributed by atoms with Crippen LogP contribution in [-0.4, -0.2) is 22.1 Å². The Morgan fingerprint density at radius 3 is 3.00 bits per heavy atom. The summed E-state index contributed by atoms with van der Waals surface area (Å²) in [6.07, 6.45) is 6.26. The molecular formula is C15H18BrN3. The fourth-order valence-electron chi connectivity index (χ4n) is 2.83. The number of nitrogens with one attached hydrogen (secondary N) is 1. The van der Waals surface area contributed by atoms with Crippen molar-refractivity contribution in [2.75, 3.05) is 6.54 Å². The first kappa shape index (κ1) is 12.9. The molecule has 2 heterocycles. The molecule has 2 aromatic rings. The predicted molar refractivity (Wildman–Crippen MR) is 81.1 cm³/mol. The van der Waals surface area contributed by atoms with E-state index in [2.05, 4.69) is 55.9 Å². The minimum Gasteiger partial charge on any atom is -0.327 e. The molecule has 3 rings (SSSR count). The molecule has 2 atom stereocenters. The summed E-state index contributed by atoms with van der Waals surface area (Å²) in [5.41, 5.74) is 2.41. The van der Waals surface area contributed by atoms with Gasteiger partial charge in [0.25, 0.3) is 0 Å². The Hall–Kier alpha value is -1.13. The van der Waals surface area contributed by atoms with Crippen LogP contribution in [0.3, 0.4) is 0 Å². The van der Waals surface area contributed by atoms with Crippen LogP contribution in [0, 0.1) is 0 Å². The summed E-state index contributed by atoms with van der Waals surface area (Å²) in [6, 6.07) is 9.46. The van der Waals surface area contributed by atoms with Gasteiger partial charge in [-0.05, 0) is 32.4 Å². The topological polar surface area (TPSA) is 29.9 Å². The Labute approximate surface area is 122 Å². The van der Waals surface area contributed by atoms with E-state index in [0.29, 0.717) is 12.1 Å². The minimum absolute atomic E-state index is 0.542. The molecule has 0 aliphatic carbocycles. The van der Waals surface area contributed by atoms with Crippen molar-refractivity contribution < 1.29 is 0 Å². The van der Waals surface area contributed by atoms with E-state index in [4.69, 9.17) is 0 Å². The lowest BCUT2D eigenvalue weighted by atomic mass is 9.99. The van der Waals surface area contributed by atoms with Gasteiger partial charge < -0.3 is 9.88 Å². The van der Waals surface area contributed by atoms with Gasteiger partial charge >= 0.3 is 0 Å². The number of hydrogen-bond donors (Lipinski definition) is 1. The third kappa shape index (κ3) is 2.60. The highest BCUT2D eigenvalue weighted by Crippen LogP contribution is 2.32. The maximum Gasteiger partial charge on any atom is 0.0953 e. The van der Waals surface area contributed by atoms with E-state index in [1.165, 1.54) is 11.3 Å². The zero-order chi connectivity index (χ0) is 13.2.